The summed E-state index contributed by atoms with van der Waals surface area (Å²) in [7, 11) is 0. The average molecular weight is 389 g/mol. The molecule has 3 rings (SSSR count). The number of carbonyl (C=O) groups excluding carboxylic acids is 1. The molecular weight excluding hydrogens is 371 g/mol. The second-order valence-corrected chi connectivity index (χ2v) is 7.25. The molecule has 1 heterocycles. The Hall–Kier alpha value is -2.21. The summed E-state index contributed by atoms with van der Waals surface area (Å²) in [4.78, 5) is 13.7. The highest BCUT2D eigenvalue weighted by Gasteiger charge is 2.22. The van der Waals surface area contributed by atoms with Gasteiger partial charge >= 0.3 is 0 Å². The summed E-state index contributed by atoms with van der Waals surface area (Å²) in [5.41, 5.74) is 1.47. The van der Waals surface area contributed by atoms with Crippen molar-refractivity contribution < 1.29 is 9.18 Å². The molecule has 0 aliphatic rings. The Balaban J connectivity index is 1.75. The first-order valence-corrected chi connectivity index (χ1v) is 9.40. The fourth-order valence-corrected chi connectivity index (χ4v) is 3.63. The molecule has 0 saturated carbocycles. The maximum atomic E-state index is 13.2. The second kappa shape index (κ2) is 8.45. The molecule has 3 aromatic rings. The van der Waals surface area contributed by atoms with Crippen LogP contribution in [0, 0.1) is 5.82 Å². The summed E-state index contributed by atoms with van der Waals surface area (Å²) in [5, 5.41) is 8.29. The zero-order chi connectivity index (χ0) is 18.5. The largest absolute Gasteiger partial charge is 0.323 e. The molecule has 0 radical (unpaired) electrons. The number of hydrogen-bond acceptors (Lipinski definition) is 3. The normalized spacial score (nSPS) is 13.2. The topological polar surface area (TPSA) is 41.1 Å². The van der Waals surface area contributed by atoms with Gasteiger partial charge in [-0.15, -0.1) is 11.3 Å². The smallest absolute Gasteiger partial charge is 0.241 e. The minimum atomic E-state index is -0.483. The van der Waals surface area contributed by atoms with Gasteiger partial charge in [-0.3, -0.25) is 10.1 Å². The number of nitrogens with one attached hydrogen (secondary N) is 2. The van der Waals surface area contributed by atoms with Gasteiger partial charge in [0, 0.05) is 4.88 Å². The van der Waals surface area contributed by atoms with Gasteiger partial charge in [0.25, 0.3) is 0 Å². The van der Waals surface area contributed by atoms with Crippen LogP contribution in [-0.2, 0) is 4.79 Å². The van der Waals surface area contributed by atoms with Gasteiger partial charge in [0.15, 0.2) is 0 Å². The molecule has 2 atom stereocenters. The summed E-state index contributed by atoms with van der Waals surface area (Å²) >= 11 is 7.62. The van der Waals surface area contributed by atoms with Gasteiger partial charge < -0.3 is 5.32 Å². The van der Waals surface area contributed by atoms with Crippen molar-refractivity contribution in [2.45, 2.75) is 19.0 Å². The fourth-order valence-electron chi connectivity index (χ4n) is 2.60. The third-order valence-corrected chi connectivity index (χ3v) is 5.21. The predicted octanol–water partition coefficient (Wildman–Crippen LogP) is 5.25. The zero-order valence-electron chi connectivity index (χ0n) is 14.1. The molecule has 1 amide bonds. The minimum Gasteiger partial charge on any atom is -0.323 e. The Morgan fingerprint density at radius 2 is 1.88 bits per heavy atom. The predicted molar refractivity (Wildman–Crippen MR) is 105 cm³/mol. The molecule has 0 spiro atoms. The molecule has 6 heteroatoms. The van der Waals surface area contributed by atoms with Gasteiger partial charge in [-0.05, 0) is 42.1 Å². The minimum absolute atomic E-state index is 0.0966. The molecule has 0 saturated heterocycles. The van der Waals surface area contributed by atoms with Gasteiger partial charge in [0.05, 0.1) is 22.8 Å². The van der Waals surface area contributed by atoms with Crippen molar-refractivity contribution in [1.82, 2.24) is 5.32 Å². The lowest BCUT2D eigenvalue weighted by molar-refractivity contribution is -0.117. The lowest BCUT2D eigenvalue weighted by atomic mass is 10.0. The Kier molecular flexibility index (Phi) is 6.04. The number of halogens is 2. The van der Waals surface area contributed by atoms with E-state index in [9.17, 15) is 9.18 Å². The van der Waals surface area contributed by atoms with Crippen LogP contribution in [0.4, 0.5) is 10.1 Å². The van der Waals surface area contributed by atoms with E-state index in [0.717, 1.165) is 10.4 Å². The van der Waals surface area contributed by atoms with E-state index in [-0.39, 0.29) is 17.0 Å². The zero-order valence-corrected chi connectivity index (χ0v) is 15.7. The van der Waals surface area contributed by atoms with Gasteiger partial charge in [0.1, 0.15) is 5.82 Å². The number of carbonyl (C=O) groups is 1. The quantitative estimate of drug-likeness (QED) is 0.605. The van der Waals surface area contributed by atoms with E-state index in [1.165, 1.54) is 18.2 Å². The molecule has 3 nitrogen and oxygen atoms in total. The van der Waals surface area contributed by atoms with E-state index >= 15 is 0 Å². The van der Waals surface area contributed by atoms with E-state index in [2.05, 4.69) is 10.6 Å². The highest BCUT2D eigenvalue weighted by Crippen LogP contribution is 2.27. The van der Waals surface area contributed by atoms with Crippen LogP contribution in [0.3, 0.4) is 0 Å². The first kappa shape index (κ1) is 18.6. The van der Waals surface area contributed by atoms with Crippen molar-refractivity contribution in [3.63, 3.8) is 0 Å². The lowest BCUT2D eigenvalue weighted by Gasteiger charge is -2.23. The number of hydrogen-bond donors (Lipinski definition) is 2. The van der Waals surface area contributed by atoms with Crippen LogP contribution < -0.4 is 10.6 Å². The van der Waals surface area contributed by atoms with E-state index in [0.29, 0.717) is 5.69 Å². The van der Waals surface area contributed by atoms with Crippen LogP contribution in [-0.4, -0.2) is 11.9 Å². The first-order chi connectivity index (χ1) is 12.5. The molecule has 0 aliphatic carbocycles. The van der Waals surface area contributed by atoms with E-state index in [1.54, 1.807) is 18.3 Å². The second-order valence-electron chi connectivity index (χ2n) is 5.86. The van der Waals surface area contributed by atoms with E-state index in [4.69, 9.17) is 11.6 Å². The molecule has 1 aromatic heterocycles. The SMILES string of the molecule is C[C@@H](N[C@@H](c1ccccc1)c1cccs1)C(=O)Nc1ccc(F)cc1Cl. The number of anilines is 1. The lowest BCUT2D eigenvalue weighted by Crippen LogP contribution is -2.40. The van der Waals surface area contributed by atoms with Crippen molar-refractivity contribution >= 4 is 34.5 Å². The van der Waals surface area contributed by atoms with Crippen molar-refractivity contribution in [3.05, 3.63) is 87.3 Å². The molecule has 2 N–H and O–H groups in total. The monoisotopic (exact) mass is 388 g/mol. The maximum absolute atomic E-state index is 13.2. The third kappa shape index (κ3) is 4.49. The van der Waals surface area contributed by atoms with Gasteiger partial charge in [-0.25, -0.2) is 4.39 Å². The third-order valence-electron chi connectivity index (χ3n) is 3.96. The summed E-state index contributed by atoms with van der Waals surface area (Å²) in [6.45, 7) is 1.79. The Morgan fingerprint density at radius 3 is 2.54 bits per heavy atom. The van der Waals surface area contributed by atoms with Crippen LogP contribution in [0.5, 0.6) is 0 Å². The average Bonchev–Trinajstić information content (AvgIpc) is 3.17. The first-order valence-electron chi connectivity index (χ1n) is 8.15. The van der Waals surface area contributed by atoms with Crippen molar-refractivity contribution in [1.29, 1.82) is 0 Å². The van der Waals surface area contributed by atoms with Crippen LogP contribution in [0.1, 0.15) is 23.4 Å². The van der Waals surface area contributed by atoms with E-state index in [1.807, 2.05) is 47.8 Å². The van der Waals surface area contributed by atoms with Gasteiger partial charge in [-0.2, -0.15) is 0 Å². The standard InChI is InChI=1S/C20H18ClFN2OS/c1-13(20(25)24-17-10-9-15(22)12-16(17)21)23-19(18-8-5-11-26-18)14-6-3-2-4-7-14/h2-13,19,23H,1H3,(H,24,25)/t13-,19+/m1/s1. The molecular formula is C20H18ClFN2OS. The summed E-state index contributed by atoms with van der Waals surface area (Å²) in [5.74, 6) is -0.683. The summed E-state index contributed by atoms with van der Waals surface area (Å²) in [6.07, 6.45) is 0. The Labute approximate surface area is 160 Å². The highest BCUT2D eigenvalue weighted by atomic mass is 35.5. The summed E-state index contributed by atoms with van der Waals surface area (Å²) < 4.78 is 13.2. The number of thiophene rings is 1. The molecule has 26 heavy (non-hydrogen) atoms. The Morgan fingerprint density at radius 1 is 1.12 bits per heavy atom. The molecule has 0 unspecified atom stereocenters. The number of benzene rings is 2. The van der Waals surface area contributed by atoms with Crippen LogP contribution >= 0.6 is 22.9 Å². The number of amides is 1. The Bertz CT molecular complexity index is 871. The molecule has 2 aromatic carbocycles. The van der Waals surface area contributed by atoms with Crippen LogP contribution in [0.2, 0.25) is 5.02 Å². The van der Waals surface area contributed by atoms with E-state index < -0.39 is 11.9 Å². The molecule has 0 bridgehead atoms. The van der Waals surface area contributed by atoms with Crippen LogP contribution in [0.15, 0.2) is 66.0 Å². The van der Waals surface area contributed by atoms with Gasteiger partial charge in [-0.1, -0.05) is 48.0 Å². The van der Waals surface area contributed by atoms with Crippen molar-refractivity contribution in [2.24, 2.45) is 0 Å². The van der Waals surface area contributed by atoms with Crippen molar-refractivity contribution in [2.75, 3.05) is 5.32 Å². The van der Waals surface area contributed by atoms with Gasteiger partial charge in [0.2, 0.25) is 5.91 Å². The summed E-state index contributed by atoms with van der Waals surface area (Å²) in [6, 6.07) is 17.3. The fraction of sp³-hybridized carbons (Fsp3) is 0.150. The van der Waals surface area contributed by atoms with Crippen LogP contribution in [0.25, 0.3) is 0 Å². The number of rotatable bonds is 6. The molecule has 0 aliphatic heterocycles. The molecule has 0 fully saturated rings. The molecule has 134 valence electrons. The maximum Gasteiger partial charge on any atom is 0.241 e. The highest BCUT2D eigenvalue weighted by molar-refractivity contribution is 7.10. The van der Waals surface area contributed by atoms with Crippen molar-refractivity contribution in [3.8, 4) is 0 Å².